The van der Waals surface area contributed by atoms with Crippen LogP contribution in [0.15, 0.2) is 18.2 Å². The third kappa shape index (κ3) is 1.78. The summed E-state index contributed by atoms with van der Waals surface area (Å²) < 4.78 is 26.9. The molecule has 0 aromatic heterocycles. The fourth-order valence-corrected chi connectivity index (χ4v) is 2.78. The van der Waals surface area contributed by atoms with Crippen molar-refractivity contribution in [3.05, 3.63) is 23.8 Å². The molecular weight excluding hydrogens is 214 g/mol. The zero-order valence-corrected chi connectivity index (χ0v) is 9.21. The summed E-state index contributed by atoms with van der Waals surface area (Å²) in [5.74, 6) is 0. The highest BCUT2D eigenvalue weighted by Gasteiger charge is 2.27. The van der Waals surface area contributed by atoms with Gasteiger partial charge in [0.15, 0.2) is 0 Å². The number of nitrogens with zero attached hydrogens (tertiary/aromatic N) is 1. The van der Waals surface area contributed by atoms with E-state index < -0.39 is 10.2 Å². The summed E-state index contributed by atoms with van der Waals surface area (Å²) in [5.41, 5.74) is 7.88. The SMILES string of the molecule is Cc1cc(N2CCNS2(=O)=O)ccc1N. The highest BCUT2D eigenvalue weighted by Crippen LogP contribution is 2.23. The van der Waals surface area contributed by atoms with Crippen molar-refractivity contribution in [3.63, 3.8) is 0 Å². The molecule has 0 unspecified atom stereocenters. The first-order valence-electron chi connectivity index (χ1n) is 4.64. The van der Waals surface area contributed by atoms with Gasteiger partial charge in [0.05, 0.1) is 5.69 Å². The third-order valence-corrected chi connectivity index (χ3v) is 3.97. The van der Waals surface area contributed by atoms with Crippen molar-refractivity contribution in [2.75, 3.05) is 23.1 Å². The lowest BCUT2D eigenvalue weighted by Crippen LogP contribution is -2.29. The molecule has 0 atom stereocenters. The number of nitrogens with two attached hydrogens (primary N) is 1. The van der Waals surface area contributed by atoms with E-state index in [9.17, 15) is 8.42 Å². The van der Waals surface area contributed by atoms with Crippen LogP contribution in [-0.2, 0) is 10.2 Å². The Morgan fingerprint density at radius 3 is 2.73 bits per heavy atom. The summed E-state index contributed by atoms with van der Waals surface area (Å²) in [5, 5.41) is 0. The maximum Gasteiger partial charge on any atom is 0.301 e. The number of anilines is 2. The Labute approximate surface area is 89.1 Å². The van der Waals surface area contributed by atoms with Crippen molar-refractivity contribution < 1.29 is 8.42 Å². The van der Waals surface area contributed by atoms with Gasteiger partial charge in [-0.3, -0.25) is 4.31 Å². The van der Waals surface area contributed by atoms with Gasteiger partial charge in [0.2, 0.25) is 0 Å². The van der Waals surface area contributed by atoms with Gasteiger partial charge in [-0.15, -0.1) is 0 Å². The van der Waals surface area contributed by atoms with Gasteiger partial charge >= 0.3 is 10.2 Å². The van der Waals surface area contributed by atoms with Crippen LogP contribution in [-0.4, -0.2) is 21.5 Å². The second kappa shape index (κ2) is 3.39. The molecule has 15 heavy (non-hydrogen) atoms. The minimum Gasteiger partial charge on any atom is -0.399 e. The monoisotopic (exact) mass is 227 g/mol. The summed E-state index contributed by atoms with van der Waals surface area (Å²) in [4.78, 5) is 0. The molecule has 1 aliphatic rings. The molecule has 1 fully saturated rings. The maximum atomic E-state index is 11.5. The molecule has 0 radical (unpaired) electrons. The average molecular weight is 227 g/mol. The van der Waals surface area contributed by atoms with E-state index in [4.69, 9.17) is 5.73 Å². The second-order valence-electron chi connectivity index (χ2n) is 3.51. The van der Waals surface area contributed by atoms with Crippen molar-refractivity contribution in [2.45, 2.75) is 6.92 Å². The van der Waals surface area contributed by atoms with Gasteiger partial charge in [0.1, 0.15) is 0 Å². The molecule has 0 bridgehead atoms. The number of nitrogens with one attached hydrogen (secondary N) is 1. The van der Waals surface area contributed by atoms with E-state index in [1.165, 1.54) is 4.31 Å². The van der Waals surface area contributed by atoms with Gasteiger partial charge in [0, 0.05) is 18.8 Å². The Kier molecular flexibility index (Phi) is 2.32. The minimum absolute atomic E-state index is 0.450. The van der Waals surface area contributed by atoms with Gasteiger partial charge in [-0.1, -0.05) is 0 Å². The average Bonchev–Trinajstić information content (AvgIpc) is 2.50. The summed E-state index contributed by atoms with van der Waals surface area (Å²) in [6, 6.07) is 5.21. The van der Waals surface area contributed by atoms with E-state index in [2.05, 4.69) is 4.72 Å². The van der Waals surface area contributed by atoms with Gasteiger partial charge in [-0.2, -0.15) is 13.1 Å². The molecule has 0 amide bonds. The summed E-state index contributed by atoms with van der Waals surface area (Å²) in [6.45, 7) is 2.77. The summed E-state index contributed by atoms with van der Waals surface area (Å²) in [6.07, 6.45) is 0. The number of hydrogen-bond donors (Lipinski definition) is 2. The van der Waals surface area contributed by atoms with Crippen LogP contribution >= 0.6 is 0 Å². The van der Waals surface area contributed by atoms with Gasteiger partial charge in [0.25, 0.3) is 0 Å². The fraction of sp³-hybridized carbons (Fsp3) is 0.333. The minimum atomic E-state index is -3.33. The molecule has 1 aliphatic heterocycles. The molecule has 3 N–H and O–H groups in total. The lowest BCUT2D eigenvalue weighted by molar-refractivity contribution is 0.591. The quantitative estimate of drug-likeness (QED) is 0.674. The van der Waals surface area contributed by atoms with Crippen molar-refractivity contribution in [2.24, 2.45) is 0 Å². The van der Waals surface area contributed by atoms with Crippen molar-refractivity contribution in [3.8, 4) is 0 Å². The van der Waals surface area contributed by atoms with E-state index in [0.29, 0.717) is 24.5 Å². The summed E-state index contributed by atoms with van der Waals surface area (Å²) >= 11 is 0. The number of hydrogen-bond acceptors (Lipinski definition) is 3. The highest BCUT2D eigenvalue weighted by atomic mass is 32.2. The van der Waals surface area contributed by atoms with E-state index in [1.54, 1.807) is 18.2 Å². The van der Waals surface area contributed by atoms with E-state index in [-0.39, 0.29) is 0 Å². The van der Waals surface area contributed by atoms with Crippen molar-refractivity contribution in [1.29, 1.82) is 0 Å². The molecule has 1 heterocycles. The van der Waals surface area contributed by atoms with Crippen molar-refractivity contribution in [1.82, 2.24) is 4.72 Å². The van der Waals surface area contributed by atoms with Crippen LogP contribution in [0.25, 0.3) is 0 Å². The fourth-order valence-electron chi connectivity index (χ4n) is 1.56. The Balaban J connectivity index is 2.42. The van der Waals surface area contributed by atoms with Crippen LogP contribution in [0.3, 0.4) is 0 Å². The second-order valence-corrected chi connectivity index (χ2v) is 5.19. The zero-order valence-electron chi connectivity index (χ0n) is 8.40. The van der Waals surface area contributed by atoms with Crippen LogP contribution < -0.4 is 14.8 Å². The number of aryl methyl sites for hydroxylation is 1. The molecule has 6 heteroatoms. The number of benzene rings is 1. The molecule has 82 valence electrons. The van der Waals surface area contributed by atoms with E-state index in [1.807, 2.05) is 6.92 Å². The Hall–Kier alpha value is -1.27. The highest BCUT2D eigenvalue weighted by molar-refractivity contribution is 7.91. The van der Waals surface area contributed by atoms with Crippen molar-refractivity contribution >= 4 is 21.6 Å². The molecule has 0 spiro atoms. The first-order chi connectivity index (χ1) is 7.00. The molecular formula is C9H13N3O2S. The normalized spacial score (nSPS) is 19.4. The molecule has 0 saturated carbocycles. The zero-order chi connectivity index (χ0) is 11.1. The maximum absolute atomic E-state index is 11.5. The third-order valence-electron chi connectivity index (χ3n) is 2.43. The smallest absolute Gasteiger partial charge is 0.301 e. The molecule has 5 nitrogen and oxygen atoms in total. The van der Waals surface area contributed by atoms with Crippen LogP contribution in [0.1, 0.15) is 5.56 Å². The lowest BCUT2D eigenvalue weighted by atomic mass is 10.2. The topological polar surface area (TPSA) is 75.4 Å². The molecule has 1 saturated heterocycles. The first kappa shape index (κ1) is 10.3. The van der Waals surface area contributed by atoms with Crippen LogP contribution in [0.2, 0.25) is 0 Å². The summed E-state index contributed by atoms with van der Waals surface area (Å²) in [7, 11) is -3.33. The molecule has 1 aromatic rings. The molecule has 0 aliphatic carbocycles. The van der Waals surface area contributed by atoms with Crippen LogP contribution in [0.4, 0.5) is 11.4 Å². The van der Waals surface area contributed by atoms with Gasteiger partial charge < -0.3 is 5.73 Å². The van der Waals surface area contributed by atoms with E-state index >= 15 is 0 Å². The number of rotatable bonds is 1. The van der Waals surface area contributed by atoms with Crippen LogP contribution in [0, 0.1) is 6.92 Å². The Bertz CT molecular complexity index is 484. The lowest BCUT2D eigenvalue weighted by Gasteiger charge is -2.16. The molecule has 2 rings (SSSR count). The van der Waals surface area contributed by atoms with Crippen LogP contribution in [0.5, 0.6) is 0 Å². The molecule has 1 aromatic carbocycles. The predicted octanol–water partition coefficient (Wildman–Crippen LogP) is 0.232. The van der Waals surface area contributed by atoms with Gasteiger partial charge in [-0.25, -0.2) is 0 Å². The van der Waals surface area contributed by atoms with Gasteiger partial charge in [-0.05, 0) is 30.7 Å². The largest absolute Gasteiger partial charge is 0.399 e. The Morgan fingerprint density at radius 2 is 2.20 bits per heavy atom. The first-order valence-corrected chi connectivity index (χ1v) is 6.08. The Morgan fingerprint density at radius 1 is 1.47 bits per heavy atom. The standard InChI is InChI=1S/C9H13N3O2S/c1-7-6-8(2-3-9(7)10)12-5-4-11-15(12,13)14/h2-3,6,11H,4-5,10H2,1H3. The predicted molar refractivity (Wildman–Crippen MR) is 59.9 cm³/mol. The number of nitrogen functional groups attached to an aromatic ring is 1. The van der Waals surface area contributed by atoms with E-state index in [0.717, 1.165) is 5.56 Å².